The second-order valence-corrected chi connectivity index (χ2v) is 4.31. The van der Waals surface area contributed by atoms with E-state index in [-0.39, 0.29) is 11.7 Å². The fourth-order valence-corrected chi connectivity index (χ4v) is 1.65. The van der Waals surface area contributed by atoms with Crippen molar-refractivity contribution in [2.45, 2.75) is 0 Å². The number of hydrogen-bond acceptors (Lipinski definition) is 6. The first kappa shape index (κ1) is 16.0. The van der Waals surface area contributed by atoms with Crippen molar-refractivity contribution < 1.29 is 14.3 Å². The molecule has 0 spiro atoms. The van der Waals surface area contributed by atoms with Crippen LogP contribution in [0.15, 0.2) is 52.9 Å². The van der Waals surface area contributed by atoms with Crippen LogP contribution in [0.1, 0.15) is 15.9 Å². The SMILES string of the molecule is COc1cc(/C=N/N=C(N)N)ccc1OC(=O)c1cccnc1. The molecule has 0 unspecified atom stereocenters. The molecule has 0 saturated heterocycles. The van der Waals surface area contributed by atoms with Gasteiger partial charge in [0.05, 0.1) is 18.9 Å². The summed E-state index contributed by atoms with van der Waals surface area (Å²) in [6.45, 7) is 0. The molecule has 1 aromatic carbocycles. The van der Waals surface area contributed by atoms with Crippen LogP contribution in [0.5, 0.6) is 11.5 Å². The Kier molecular flexibility index (Phi) is 5.24. The minimum Gasteiger partial charge on any atom is -0.493 e. The Morgan fingerprint density at radius 3 is 2.74 bits per heavy atom. The van der Waals surface area contributed by atoms with Gasteiger partial charge in [0.25, 0.3) is 0 Å². The van der Waals surface area contributed by atoms with E-state index in [0.29, 0.717) is 16.9 Å². The summed E-state index contributed by atoms with van der Waals surface area (Å²) in [4.78, 5) is 15.9. The predicted molar refractivity (Wildman–Crippen MR) is 85.6 cm³/mol. The number of aromatic nitrogens is 1. The summed E-state index contributed by atoms with van der Waals surface area (Å²) in [5.74, 6) is -0.0233. The average Bonchev–Trinajstić information content (AvgIpc) is 2.56. The van der Waals surface area contributed by atoms with Crippen LogP contribution in [-0.2, 0) is 0 Å². The number of nitrogens with zero attached hydrogens (tertiary/aromatic N) is 3. The lowest BCUT2D eigenvalue weighted by atomic mass is 10.2. The average molecular weight is 313 g/mol. The van der Waals surface area contributed by atoms with Crippen molar-refractivity contribution in [3.63, 3.8) is 0 Å². The molecular weight excluding hydrogens is 298 g/mol. The number of methoxy groups -OCH3 is 1. The molecule has 2 rings (SSSR count). The highest BCUT2D eigenvalue weighted by Crippen LogP contribution is 2.28. The van der Waals surface area contributed by atoms with Crippen LogP contribution >= 0.6 is 0 Å². The topological polar surface area (TPSA) is 125 Å². The summed E-state index contributed by atoms with van der Waals surface area (Å²) in [6.07, 6.45) is 4.43. The van der Waals surface area contributed by atoms with E-state index in [0.717, 1.165) is 0 Å². The van der Waals surface area contributed by atoms with Crippen molar-refractivity contribution in [1.29, 1.82) is 0 Å². The van der Waals surface area contributed by atoms with Crippen LogP contribution in [0, 0.1) is 0 Å². The molecule has 0 amide bonds. The Hall–Kier alpha value is -3.42. The number of carbonyl (C=O) groups excluding carboxylic acids is 1. The van der Waals surface area contributed by atoms with Gasteiger partial charge in [-0.2, -0.15) is 5.10 Å². The maximum atomic E-state index is 12.0. The second-order valence-electron chi connectivity index (χ2n) is 4.31. The van der Waals surface area contributed by atoms with E-state index in [1.807, 2.05) is 0 Å². The van der Waals surface area contributed by atoms with Crippen molar-refractivity contribution in [2.24, 2.45) is 21.7 Å². The Balaban J connectivity index is 2.18. The summed E-state index contributed by atoms with van der Waals surface area (Å²) in [5.41, 5.74) is 11.4. The van der Waals surface area contributed by atoms with E-state index in [1.54, 1.807) is 36.5 Å². The molecule has 0 bridgehead atoms. The normalized spacial score (nSPS) is 10.3. The second kappa shape index (κ2) is 7.55. The lowest BCUT2D eigenvalue weighted by molar-refractivity contribution is 0.0729. The first-order valence-corrected chi connectivity index (χ1v) is 6.52. The maximum absolute atomic E-state index is 12.0. The number of carbonyl (C=O) groups is 1. The van der Waals surface area contributed by atoms with Crippen LogP contribution in [0.25, 0.3) is 0 Å². The summed E-state index contributed by atoms with van der Waals surface area (Å²) >= 11 is 0. The molecule has 0 aliphatic heterocycles. The monoisotopic (exact) mass is 313 g/mol. The largest absolute Gasteiger partial charge is 0.493 e. The molecule has 4 N–H and O–H groups in total. The number of hydrogen-bond donors (Lipinski definition) is 2. The molecule has 0 fully saturated rings. The summed E-state index contributed by atoms with van der Waals surface area (Å²) in [7, 11) is 1.47. The molecule has 0 saturated carbocycles. The molecule has 0 atom stereocenters. The van der Waals surface area contributed by atoms with Gasteiger partial charge in [0.15, 0.2) is 11.5 Å². The highest BCUT2D eigenvalue weighted by molar-refractivity contribution is 5.91. The highest BCUT2D eigenvalue weighted by atomic mass is 16.6. The summed E-state index contributed by atoms with van der Waals surface area (Å²) in [5, 5.41) is 7.19. The number of rotatable bonds is 5. The van der Waals surface area contributed by atoms with Crippen molar-refractivity contribution in [3.05, 3.63) is 53.9 Å². The third-order valence-corrected chi connectivity index (χ3v) is 2.67. The fourth-order valence-electron chi connectivity index (χ4n) is 1.65. The van der Waals surface area contributed by atoms with Crippen LogP contribution in [0.4, 0.5) is 0 Å². The molecule has 2 aromatic rings. The minimum atomic E-state index is -0.529. The van der Waals surface area contributed by atoms with Crippen molar-refractivity contribution in [2.75, 3.05) is 7.11 Å². The van der Waals surface area contributed by atoms with Gasteiger partial charge in [-0.25, -0.2) is 4.79 Å². The standard InChI is InChI=1S/C15H15N5O3/c1-22-13-7-10(8-19-20-15(16)17)4-5-12(13)23-14(21)11-3-2-6-18-9-11/h2-9H,1H3,(H4,16,17,20)/b19-8+. The van der Waals surface area contributed by atoms with Gasteiger partial charge in [0, 0.05) is 12.4 Å². The molecule has 8 heteroatoms. The molecule has 8 nitrogen and oxygen atoms in total. The van der Waals surface area contributed by atoms with E-state index in [9.17, 15) is 4.79 Å². The zero-order chi connectivity index (χ0) is 16.7. The number of pyridine rings is 1. The molecule has 1 aromatic heterocycles. The fraction of sp³-hybridized carbons (Fsp3) is 0.0667. The predicted octanol–water partition coefficient (Wildman–Crippen LogP) is 0.917. The van der Waals surface area contributed by atoms with Crippen LogP contribution in [0.3, 0.4) is 0 Å². The molecule has 118 valence electrons. The highest BCUT2D eigenvalue weighted by Gasteiger charge is 2.12. The third-order valence-electron chi connectivity index (χ3n) is 2.67. The molecule has 0 aliphatic rings. The molecule has 0 aliphatic carbocycles. The van der Waals surface area contributed by atoms with E-state index >= 15 is 0 Å². The first-order chi connectivity index (χ1) is 11.1. The van der Waals surface area contributed by atoms with Gasteiger partial charge < -0.3 is 20.9 Å². The molecule has 0 radical (unpaired) electrons. The zero-order valence-electron chi connectivity index (χ0n) is 12.3. The van der Waals surface area contributed by atoms with E-state index in [4.69, 9.17) is 20.9 Å². The molecule has 1 heterocycles. The lowest BCUT2D eigenvalue weighted by Crippen LogP contribution is -2.21. The Labute approximate surface area is 132 Å². The quantitative estimate of drug-likeness (QED) is 0.278. The van der Waals surface area contributed by atoms with E-state index in [1.165, 1.54) is 19.5 Å². The van der Waals surface area contributed by atoms with Crippen LogP contribution in [0.2, 0.25) is 0 Å². The molecular formula is C15H15N5O3. The first-order valence-electron chi connectivity index (χ1n) is 6.52. The number of esters is 1. The number of ether oxygens (including phenoxy) is 2. The van der Waals surface area contributed by atoms with E-state index in [2.05, 4.69) is 15.2 Å². The number of benzene rings is 1. The Bertz CT molecular complexity index is 740. The van der Waals surface area contributed by atoms with Crippen LogP contribution in [-0.4, -0.2) is 30.2 Å². The van der Waals surface area contributed by atoms with E-state index < -0.39 is 5.97 Å². The Morgan fingerprint density at radius 1 is 1.26 bits per heavy atom. The Morgan fingerprint density at radius 2 is 2.09 bits per heavy atom. The lowest BCUT2D eigenvalue weighted by Gasteiger charge is -2.09. The van der Waals surface area contributed by atoms with Crippen molar-refractivity contribution in [3.8, 4) is 11.5 Å². The smallest absolute Gasteiger partial charge is 0.345 e. The summed E-state index contributed by atoms with van der Waals surface area (Å²) in [6, 6.07) is 8.16. The maximum Gasteiger partial charge on any atom is 0.345 e. The molecule has 23 heavy (non-hydrogen) atoms. The van der Waals surface area contributed by atoms with Gasteiger partial charge >= 0.3 is 5.97 Å². The van der Waals surface area contributed by atoms with Gasteiger partial charge in [-0.3, -0.25) is 4.98 Å². The number of guanidine groups is 1. The van der Waals surface area contributed by atoms with Crippen LogP contribution < -0.4 is 20.9 Å². The van der Waals surface area contributed by atoms with Gasteiger partial charge in [0.2, 0.25) is 5.96 Å². The third kappa shape index (κ3) is 4.53. The van der Waals surface area contributed by atoms with Gasteiger partial charge in [-0.1, -0.05) is 0 Å². The van der Waals surface area contributed by atoms with Crippen molar-refractivity contribution in [1.82, 2.24) is 4.98 Å². The van der Waals surface area contributed by atoms with Gasteiger partial charge in [-0.05, 0) is 35.9 Å². The minimum absolute atomic E-state index is 0.143. The van der Waals surface area contributed by atoms with Gasteiger partial charge in [0.1, 0.15) is 0 Å². The zero-order valence-corrected chi connectivity index (χ0v) is 12.3. The summed E-state index contributed by atoms with van der Waals surface area (Å²) < 4.78 is 10.5. The number of nitrogens with two attached hydrogens (primary N) is 2. The van der Waals surface area contributed by atoms with Gasteiger partial charge in [-0.15, -0.1) is 5.10 Å². The van der Waals surface area contributed by atoms with Crippen molar-refractivity contribution >= 4 is 18.1 Å².